The fourth-order valence-corrected chi connectivity index (χ4v) is 2.70. The summed E-state index contributed by atoms with van der Waals surface area (Å²) in [4.78, 5) is 25.8. The van der Waals surface area contributed by atoms with Gasteiger partial charge in [0.1, 0.15) is 11.2 Å². The second-order valence-electron chi connectivity index (χ2n) is 5.37. The van der Waals surface area contributed by atoms with Gasteiger partial charge in [0.2, 0.25) is 0 Å². The summed E-state index contributed by atoms with van der Waals surface area (Å²) in [7, 11) is 6.87. The number of hydrogen-bond donors (Lipinski definition) is 0. The molecular weight excluding hydrogens is 302 g/mol. The van der Waals surface area contributed by atoms with Gasteiger partial charge in [-0.1, -0.05) is 0 Å². The van der Waals surface area contributed by atoms with E-state index in [1.54, 1.807) is 12.0 Å². The fourth-order valence-electron chi connectivity index (χ4n) is 2.70. The number of ether oxygens (including phenoxy) is 2. The average Bonchev–Trinajstić information content (AvgIpc) is 2.84. The van der Waals surface area contributed by atoms with Crippen molar-refractivity contribution in [2.75, 3.05) is 46.3 Å². The van der Waals surface area contributed by atoms with E-state index in [-0.39, 0.29) is 10.9 Å². The van der Waals surface area contributed by atoms with Gasteiger partial charge < -0.3 is 19.3 Å². The Bertz CT molecular complexity index is 755. The number of methoxy groups -OCH3 is 2. The summed E-state index contributed by atoms with van der Waals surface area (Å²) in [6.45, 7) is 1.36. The highest BCUT2D eigenvalue weighted by Gasteiger charge is 2.34. The predicted molar refractivity (Wildman–Crippen MR) is 84.3 cm³/mol. The van der Waals surface area contributed by atoms with E-state index >= 15 is 0 Å². The molecule has 1 atom stereocenters. The topological polar surface area (TPSA) is 85.1 Å². The molecule has 0 amide bonds. The number of rotatable bonds is 6. The van der Waals surface area contributed by atoms with E-state index in [4.69, 9.17) is 9.47 Å². The predicted octanol–water partition coefficient (Wildman–Crippen LogP) is -0.793. The molecule has 23 heavy (non-hydrogen) atoms. The van der Waals surface area contributed by atoms with Crippen LogP contribution in [0.25, 0.3) is 5.76 Å². The highest BCUT2D eigenvalue weighted by molar-refractivity contribution is 5.72. The standard InChI is InChI=1S/C15H19N3O5/c1-16(2)7-8-17-12-6-5-11(18(20)21)10(9-19)13(12)14(22-3)15(17)23-4/h5-6,15H,7-8H2,1-4H3. The number of non-ortho nitro benzene ring substituents is 1. The van der Waals surface area contributed by atoms with Crippen LogP contribution in [0.4, 0.5) is 11.4 Å². The number of benzene rings is 1. The molecule has 1 aromatic rings. The van der Waals surface area contributed by atoms with Gasteiger partial charge in [-0.15, -0.1) is 0 Å². The number of carbonyl (C=O) groups excluding carboxylic acids is 1. The molecule has 0 spiro atoms. The first-order valence-electron chi connectivity index (χ1n) is 7.01. The number of anilines is 1. The molecule has 0 saturated carbocycles. The van der Waals surface area contributed by atoms with Crippen LogP contribution >= 0.6 is 0 Å². The highest BCUT2D eigenvalue weighted by Crippen LogP contribution is 2.26. The number of nitro benzene ring substituents is 1. The first-order valence-corrected chi connectivity index (χ1v) is 7.01. The molecule has 1 aliphatic rings. The molecule has 0 radical (unpaired) electrons. The third-order valence-corrected chi connectivity index (χ3v) is 3.75. The SMILES string of the molecule is COC1=c2c(ccc([N+](=O)[O-])c2=C=O)N(CCN(C)C)C1OC. The van der Waals surface area contributed by atoms with Crippen molar-refractivity contribution in [1.29, 1.82) is 0 Å². The molecule has 0 aromatic heterocycles. The minimum Gasteiger partial charge on any atom is -0.496 e. The van der Waals surface area contributed by atoms with E-state index in [0.717, 1.165) is 6.54 Å². The van der Waals surface area contributed by atoms with Crippen LogP contribution in [0.1, 0.15) is 0 Å². The Labute approximate surface area is 133 Å². The maximum atomic E-state index is 11.4. The molecule has 0 bridgehead atoms. The van der Waals surface area contributed by atoms with Gasteiger partial charge in [-0.25, -0.2) is 4.79 Å². The summed E-state index contributed by atoms with van der Waals surface area (Å²) in [5.41, 5.74) is 0.372. The lowest BCUT2D eigenvalue weighted by Gasteiger charge is -2.29. The molecule has 0 N–H and O–H groups in total. The smallest absolute Gasteiger partial charge is 0.288 e. The van der Waals surface area contributed by atoms with Gasteiger partial charge in [-0.05, 0) is 20.2 Å². The second kappa shape index (κ2) is 6.78. The zero-order chi connectivity index (χ0) is 17.1. The van der Waals surface area contributed by atoms with Crippen LogP contribution < -0.4 is 15.3 Å². The van der Waals surface area contributed by atoms with Crippen LogP contribution in [0.15, 0.2) is 12.1 Å². The van der Waals surface area contributed by atoms with Gasteiger partial charge in [-0.3, -0.25) is 10.1 Å². The zero-order valence-corrected chi connectivity index (χ0v) is 13.5. The molecule has 8 nitrogen and oxygen atoms in total. The summed E-state index contributed by atoms with van der Waals surface area (Å²) in [6.07, 6.45) is -0.538. The van der Waals surface area contributed by atoms with E-state index in [1.165, 1.54) is 20.3 Å². The zero-order valence-electron chi connectivity index (χ0n) is 13.5. The summed E-state index contributed by atoms with van der Waals surface area (Å²) in [6, 6.07) is 2.93. The van der Waals surface area contributed by atoms with E-state index in [1.807, 2.05) is 23.9 Å². The Balaban J connectivity index is 2.72. The largest absolute Gasteiger partial charge is 0.496 e. The lowest BCUT2D eigenvalue weighted by Crippen LogP contribution is -2.39. The van der Waals surface area contributed by atoms with Crippen LogP contribution in [0.5, 0.6) is 0 Å². The summed E-state index contributed by atoms with van der Waals surface area (Å²) in [5.74, 6) is 2.06. The van der Waals surface area contributed by atoms with Crippen molar-refractivity contribution < 1.29 is 19.2 Å². The molecule has 2 rings (SSSR count). The summed E-state index contributed by atoms with van der Waals surface area (Å²) >= 11 is 0. The number of nitro groups is 1. The molecule has 1 aliphatic heterocycles. The summed E-state index contributed by atoms with van der Waals surface area (Å²) in [5, 5.41) is 11.4. The molecule has 1 aromatic carbocycles. The fraction of sp³-hybridized carbons (Fsp3) is 0.467. The Morgan fingerprint density at radius 3 is 2.57 bits per heavy atom. The van der Waals surface area contributed by atoms with E-state index in [2.05, 4.69) is 0 Å². The maximum absolute atomic E-state index is 11.4. The van der Waals surface area contributed by atoms with Gasteiger partial charge in [0.25, 0.3) is 5.69 Å². The van der Waals surface area contributed by atoms with Crippen molar-refractivity contribution >= 4 is 23.1 Å². The van der Waals surface area contributed by atoms with Gasteiger partial charge in [0.15, 0.2) is 12.0 Å². The average molecular weight is 321 g/mol. The quantitative estimate of drug-likeness (QED) is 0.501. The van der Waals surface area contributed by atoms with Gasteiger partial charge in [-0.2, -0.15) is 0 Å². The van der Waals surface area contributed by atoms with Crippen LogP contribution in [0.2, 0.25) is 0 Å². The normalized spacial score (nSPS) is 16.5. The van der Waals surface area contributed by atoms with Crippen molar-refractivity contribution in [3.63, 3.8) is 0 Å². The molecule has 8 heteroatoms. The van der Waals surface area contributed by atoms with Crippen LogP contribution in [0.3, 0.4) is 0 Å². The van der Waals surface area contributed by atoms with E-state index in [9.17, 15) is 14.9 Å². The Hall–Kier alpha value is -2.41. The van der Waals surface area contributed by atoms with Crippen LogP contribution in [0, 0.1) is 10.1 Å². The minimum atomic E-state index is -0.599. The van der Waals surface area contributed by atoms with Gasteiger partial charge in [0.05, 0.1) is 22.9 Å². The second-order valence-corrected chi connectivity index (χ2v) is 5.37. The molecular formula is C15H19N3O5. The maximum Gasteiger partial charge on any atom is 0.288 e. The molecule has 1 heterocycles. The minimum absolute atomic E-state index is 0.112. The Morgan fingerprint density at radius 1 is 1.39 bits per heavy atom. The van der Waals surface area contributed by atoms with Crippen molar-refractivity contribution in [3.05, 3.63) is 32.7 Å². The molecule has 0 fully saturated rings. The molecule has 124 valence electrons. The van der Waals surface area contributed by atoms with E-state index in [0.29, 0.717) is 23.2 Å². The number of nitrogens with zero attached hydrogens (tertiary/aromatic N) is 3. The van der Waals surface area contributed by atoms with Gasteiger partial charge in [0, 0.05) is 26.3 Å². The molecule has 1 unspecified atom stereocenters. The monoisotopic (exact) mass is 321 g/mol. The third-order valence-electron chi connectivity index (χ3n) is 3.75. The highest BCUT2D eigenvalue weighted by atomic mass is 16.6. The van der Waals surface area contributed by atoms with Crippen molar-refractivity contribution in [3.8, 4) is 0 Å². The summed E-state index contributed by atoms with van der Waals surface area (Å²) < 4.78 is 10.9. The van der Waals surface area contributed by atoms with E-state index < -0.39 is 11.2 Å². The van der Waals surface area contributed by atoms with Crippen molar-refractivity contribution in [1.82, 2.24) is 4.90 Å². The lowest BCUT2D eigenvalue weighted by atomic mass is 10.2. The van der Waals surface area contributed by atoms with Gasteiger partial charge >= 0.3 is 0 Å². The Kier molecular flexibility index (Phi) is 5.00. The third kappa shape index (κ3) is 2.92. The number of hydrogen-bond acceptors (Lipinski definition) is 7. The first kappa shape index (κ1) is 17.0. The van der Waals surface area contributed by atoms with Crippen molar-refractivity contribution in [2.45, 2.75) is 6.23 Å². The van der Waals surface area contributed by atoms with Crippen molar-refractivity contribution in [2.24, 2.45) is 0 Å². The number of likely N-dealkylation sites (N-methyl/N-ethyl adjacent to an activating group) is 1. The Morgan fingerprint density at radius 2 is 2.09 bits per heavy atom. The van der Waals surface area contributed by atoms with Crippen LogP contribution in [-0.4, -0.2) is 63.4 Å². The number of fused-ring (bicyclic) bond motifs is 1. The molecule has 0 saturated heterocycles. The van der Waals surface area contributed by atoms with Crippen LogP contribution in [-0.2, 0) is 14.3 Å². The first-order chi connectivity index (χ1) is 11.0. The molecule has 0 aliphatic carbocycles. The lowest BCUT2D eigenvalue weighted by molar-refractivity contribution is -0.385.